The molecule has 0 radical (unpaired) electrons. The zero-order chi connectivity index (χ0) is 76.6. The van der Waals surface area contributed by atoms with E-state index in [-0.39, 0.29) is 68.9 Å². The van der Waals surface area contributed by atoms with Gasteiger partial charge in [-0.2, -0.15) is 0 Å². The lowest BCUT2D eigenvalue weighted by Crippen LogP contribution is -2.38. The number of carbonyl (C=O) groups is 3. The van der Waals surface area contributed by atoms with E-state index < -0.39 is 0 Å². The maximum Gasteiger partial charge on any atom is 0.207 e. The smallest absolute Gasteiger partial charge is 0.207 e. The first kappa shape index (κ1) is 80.3. The molecule has 1 N–H and O–H groups in total. The van der Waals surface area contributed by atoms with E-state index in [1.54, 1.807) is 57.2 Å². The van der Waals surface area contributed by atoms with Crippen molar-refractivity contribution in [3.63, 3.8) is 0 Å². The van der Waals surface area contributed by atoms with E-state index in [0.717, 1.165) is 46.9 Å². The summed E-state index contributed by atoms with van der Waals surface area (Å²) < 4.78 is 102. The molecule has 1 saturated heterocycles. The van der Waals surface area contributed by atoms with E-state index in [2.05, 4.69) is 44.0 Å². The number of imidazole rings is 1. The minimum absolute atomic E-state index is 0.102. The van der Waals surface area contributed by atoms with E-state index in [0.29, 0.717) is 194 Å². The Labute approximate surface area is 628 Å². The van der Waals surface area contributed by atoms with E-state index in [9.17, 15) is 27.6 Å². The summed E-state index contributed by atoms with van der Waals surface area (Å²) in [6.07, 6.45) is 10.2. The summed E-state index contributed by atoms with van der Waals surface area (Å²) in [5.74, 6) is 3.66. The van der Waals surface area contributed by atoms with Gasteiger partial charge >= 0.3 is 0 Å². The van der Waals surface area contributed by atoms with Gasteiger partial charge in [-0.3, -0.25) is 19.3 Å². The van der Waals surface area contributed by atoms with E-state index in [1.165, 1.54) is 89.3 Å². The number of hydrogen-bond donors (Lipinski definition) is 1. The maximum atomic E-state index is 13.3. The summed E-state index contributed by atoms with van der Waals surface area (Å²) >= 11 is 6.60. The maximum absolute atomic E-state index is 13.3. The molecule has 107 heavy (non-hydrogen) atoms. The molecule has 10 aromatic rings. The van der Waals surface area contributed by atoms with Crippen LogP contribution in [0.15, 0.2) is 92.2 Å². The average Bonchev–Trinajstić information content (AvgIpc) is 1.70. The molecule has 0 amide bonds. The number of aromatic nitrogens is 5. The number of fused-ring (bicyclic) bond motifs is 3. The van der Waals surface area contributed by atoms with Crippen molar-refractivity contribution >= 4 is 62.2 Å². The third kappa shape index (κ3) is 20.5. The molecule has 2 aliphatic rings. The monoisotopic (exact) mass is 1490 g/mol. The van der Waals surface area contributed by atoms with Gasteiger partial charge in [0.1, 0.15) is 59.6 Å². The molecule has 12 rings (SSSR count). The quantitative estimate of drug-likeness (QED) is 0.0315. The van der Waals surface area contributed by atoms with Gasteiger partial charge in [0.25, 0.3) is 0 Å². The molecule has 1 aliphatic carbocycles. The van der Waals surface area contributed by atoms with Gasteiger partial charge in [-0.05, 0) is 163 Å². The van der Waals surface area contributed by atoms with Crippen LogP contribution < -0.4 is 33.7 Å². The van der Waals surface area contributed by atoms with Crippen LogP contribution in [0.25, 0.3) is 33.3 Å². The van der Waals surface area contributed by atoms with Gasteiger partial charge in [0.2, 0.25) is 34.0 Å². The Morgan fingerprint density at radius 3 is 1.27 bits per heavy atom. The molecule has 0 spiro atoms. The number of hydrogen-bond acceptors (Lipinski definition) is 19. The summed E-state index contributed by atoms with van der Waals surface area (Å²) in [6, 6.07) is 20.0. The topological polar surface area (TPSA) is 227 Å². The molecule has 4 aromatic heterocycles. The second kappa shape index (κ2) is 37.5. The highest BCUT2D eigenvalue weighted by Crippen LogP contribution is 2.47. The Kier molecular flexibility index (Phi) is 28.1. The average molecular weight is 1500 g/mol. The second-order valence-corrected chi connectivity index (χ2v) is 28.1. The van der Waals surface area contributed by atoms with Gasteiger partial charge in [0.05, 0.1) is 67.0 Å². The number of Topliss-reactive ketones (excluding diaryl/α,β-unsaturated/α-hetero) is 3. The fraction of sp³-hybridized carbons (Fsp3) is 0.458. The number of ether oxygens (including phenoxy) is 7. The van der Waals surface area contributed by atoms with Crippen LogP contribution in [0.5, 0.6) is 34.5 Å². The van der Waals surface area contributed by atoms with Crippen LogP contribution in [0.1, 0.15) is 199 Å². The van der Waals surface area contributed by atoms with Gasteiger partial charge in [-0.1, -0.05) is 88.0 Å². The molecule has 20 nitrogen and oxygen atoms in total. The van der Waals surface area contributed by atoms with Crippen molar-refractivity contribution in [2.24, 2.45) is 0 Å². The molecular weight excluding hydrogens is 1400 g/mol. The fourth-order valence-electron chi connectivity index (χ4n) is 13.7. The number of carbonyl (C=O) groups excluding carboxylic acids is 3. The zero-order valence-electron chi connectivity index (χ0n) is 63.7. The van der Waals surface area contributed by atoms with Gasteiger partial charge in [-0.25, -0.2) is 33.1 Å². The molecular formula is C83H99ClF3N7O13. The van der Waals surface area contributed by atoms with Crippen molar-refractivity contribution < 1.29 is 74.0 Å². The third-order valence-electron chi connectivity index (χ3n) is 19.6. The van der Waals surface area contributed by atoms with Crippen LogP contribution in [-0.4, -0.2) is 132 Å². The van der Waals surface area contributed by atoms with Crippen molar-refractivity contribution in [1.82, 2.24) is 34.7 Å². The van der Waals surface area contributed by atoms with Crippen molar-refractivity contribution in [3.8, 4) is 34.5 Å². The van der Waals surface area contributed by atoms with Gasteiger partial charge in [-0.15, -0.1) is 0 Å². The van der Waals surface area contributed by atoms with Gasteiger partial charge < -0.3 is 56.3 Å². The van der Waals surface area contributed by atoms with Gasteiger partial charge in [0, 0.05) is 59.2 Å². The Hall–Kier alpha value is -9.29. The predicted molar refractivity (Wildman–Crippen MR) is 406 cm³/mol. The largest absolute Gasteiger partial charge is 0.487 e. The van der Waals surface area contributed by atoms with Crippen LogP contribution in [0.2, 0.25) is 5.02 Å². The summed E-state index contributed by atoms with van der Waals surface area (Å²) in [5, 5.41) is 3.78. The first-order chi connectivity index (χ1) is 51.3. The number of benzene rings is 6. The molecule has 5 heterocycles. The summed E-state index contributed by atoms with van der Waals surface area (Å²) in [7, 11) is 0. The number of nitrogens with zero attached hydrogens (tertiary/aromatic N) is 6. The molecule has 2 fully saturated rings. The fourth-order valence-corrected chi connectivity index (χ4v) is 14.0. The first-order valence-corrected chi connectivity index (χ1v) is 37.3. The molecule has 3 atom stereocenters. The highest BCUT2D eigenvalue weighted by Gasteiger charge is 2.31. The van der Waals surface area contributed by atoms with E-state index in [1.807, 2.05) is 45.4 Å². The Morgan fingerprint density at radius 2 is 0.869 bits per heavy atom. The number of morpholine rings is 1. The Bertz CT molecular complexity index is 4680. The van der Waals surface area contributed by atoms with Crippen LogP contribution >= 0.6 is 11.6 Å². The van der Waals surface area contributed by atoms with Crippen molar-refractivity contribution in [3.05, 3.63) is 175 Å². The number of ketones is 3. The molecule has 6 aromatic carbocycles. The van der Waals surface area contributed by atoms with Crippen molar-refractivity contribution in [1.29, 1.82) is 0 Å². The van der Waals surface area contributed by atoms with Crippen LogP contribution in [-0.2, 0) is 11.3 Å². The number of halogens is 4. The first-order valence-electron chi connectivity index (χ1n) is 36.9. The standard InChI is InChI=1S/C29H37FN2O4.C28H32FN3O4.C26H30ClFN2O5/c1-18(22-10-12-23(30)13-11-22)14-16-34-29-27(35-17-15-31-24-8-6-5-7-9-24)25(20(3)33)19(2)26-28(29)36-21(4)32-26;1-16(22-7-9-23(29)10-8-22)11-13-34-28-26(35-14-12-32-15-17(2)30-20(32)5)24(19(4)33)18(3)25-27(28)36-21(6)31-25;1-16(19-4-6-20(28)7-5-19)8-12-33-26-24(34-15-11-30-9-13-32-14-10-30)21(17(2)31)22(27)23-25(26)35-18(3)29-23/h10-13,18,24,31H,5-9,14-17H2,1-4H3;7-10,15-16H,11-14H2,1-6H3;4-7,16H,8-15H2,1-3H3. The molecule has 3 unspecified atom stereocenters. The Morgan fingerprint density at radius 1 is 0.495 bits per heavy atom. The third-order valence-corrected chi connectivity index (χ3v) is 20.0. The second-order valence-electron chi connectivity index (χ2n) is 27.7. The van der Waals surface area contributed by atoms with Crippen LogP contribution in [0.4, 0.5) is 13.2 Å². The van der Waals surface area contributed by atoms with E-state index in [4.69, 9.17) is 58.0 Å². The van der Waals surface area contributed by atoms with Crippen LogP contribution in [0, 0.1) is 65.9 Å². The number of oxazole rings is 3. The molecule has 1 saturated carbocycles. The number of aryl methyl sites for hydroxylation is 7. The Balaban J connectivity index is 0.000000172. The number of rotatable bonds is 31. The SMILES string of the molecule is CC(=O)c1c(OCCN2CCOCC2)c(OCCC(C)c2ccc(F)cc2)c2oc(C)nc2c1Cl.CC(=O)c1c(OCCNC2CCCCC2)c(OCCC(C)c2ccc(F)cc2)c2oc(C)nc2c1C.CC(=O)c1c(OCCn2cc(C)nc2C)c(OCCC(C)c2ccc(F)cc2)c2oc(C)nc2c1C. The predicted octanol–water partition coefficient (Wildman–Crippen LogP) is 18.3. The van der Waals surface area contributed by atoms with E-state index >= 15 is 0 Å². The normalized spacial score (nSPS) is 14.3. The summed E-state index contributed by atoms with van der Waals surface area (Å²) in [4.78, 5) is 58.1. The lowest BCUT2D eigenvalue weighted by molar-refractivity contribution is 0.0320. The highest BCUT2D eigenvalue weighted by atomic mass is 35.5. The highest BCUT2D eigenvalue weighted by molar-refractivity contribution is 6.39. The molecule has 572 valence electrons. The number of nitrogens with one attached hydrogen (secondary N) is 1. The molecule has 1 aliphatic heterocycles. The minimum Gasteiger partial charge on any atom is -0.487 e. The summed E-state index contributed by atoms with van der Waals surface area (Å²) in [6.45, 7) is 30.6. The molecule has 24 heteroatoms. The summed E-state index contributed by atoms with van der Waals surface area (Å²) in [5.41, 5.74) is 9.50. The van der Waals surface area contributed by atoms with Crippen LogP contribution in [0.3, 0.4) is 0 Å². The van der Waals surface area contributed by atoms with Crippen molar-refractivity contribution in [2.75, 3.05) is 79.0 Å². The van der Waals surface area contributed by atoms with Crippen molar-refractivity contribution in [2.45, 2.75) is 172 Å². The lowest BCUT2D eigenvalue weighted by Gasteiger charge is -2.26. The van der Waals surface area contributed by atoms with Gasteiger partial charge in [0.15, 0.2) is 52.3 Å². The zero-order valence-corrected chi connectivity index (χ0v) is 64.4. The molecule has 0 bridgehead atoms. The lowest BCUT2D eigenvalue weighted by atomic mass is 9.96. The minimum atomic E-state index is -0.267.